The molecule has 0 N–H and O–H groups in total. The third kappa shape index (κ3) is 6.06. The van der Waals surface area contributed by atoms with E-state index in [0.29, 0.717) is 11.8 Å². The Morgan fingerprint density at radius 1 is 0.593 bits per heavy atom. The fourth-order valence-electron chi connectivity index (χ4n) is 4.64. The average Bonchev–Trinajstić information content (AvgIpc) is 3.00. The second-order valence-electron chi connectivity index (χ2n) is 8.51. The van der Waals surface area contributed by atoms with Gasteiger partial charge in [-0.25, -0.2) is 0 Å². The number of carbonyl (C=O) groups is 2. The Hall–Kier alpha value is -0.850. The summed E-state index contributed by atoms with van der Waals surface area (Å²) in [6.45, 7) is 7.61. The first-order valence-electron chi connectivity index (χ1n) is 10.5. The first-order valence-corrected chi connectivity index (χ1v) is 10.5. The molecule has 3 aliphatic rings. The van der Waals surface area contributed by atoms with Gasteiger partial charge in [0.2, 0.25) is 11.8 Å². The van der Waals surface area contributed by atoms with E-state index in [1.807, 2.05) is 0 Å². The minimum atomic E-state index is 0. The molecule has 1 aliphatic carbocycles. The smallest absolute Gasteiger partial charge is 0.225 e. The first-order chi connectivity index (χ1) is 12.5. The van der Waals surface area contributed by atoms with Gasteiger partial charge in [-0.2, -0.15) is 0 Å². The van der Waals surface area contributed by atoms with Gasteiger partial charge in [-0.15, -0.1) is 0 Å². The standard InChI is InChI=1S/C20H36N4O2.ClH/c1-21-9-3-11-23(15-13-21)19(25)17-5-7-18(8-6-17)20(26)24-12-4-10-22(2)14-16-24;/h17-18H,3-16H2,1-2H3;1H/p-1. The van der Waals surface area contributed by atoms with Crippen LogP contribution in [0.4, 0.5) is 0 Å². The molecule has 3 rings (SSSR count). The summed E-state index contributed by atoms with van der Waals surface area (Å²) in [5.74, 6) is 0.945. The van der Waals surface area contributed by atoms with Crippen LogP contribution in [0.3, 0.4) is 0 Å². The SMILES string of the molecule is CN1CCCN(C(=O)C2CCC(C(=O)N3CCCN(C)CC3)CC2)CC1.[Cl-]. The summed E-state index contributed by atoms with van der Waals surface area (Å²) < 4.78 is 0. The summed E-state index contributed by atoms with van der Waals surface area (Å²) in [7, 11) is 4.26. The molecular formula is C20H36ClN4O2-. The predicted octanol–water partition coefficient (Wildman–Crippen LogP) is -1.87. The number of hydrogen-bond donors (Lipinski definition) is 0. The highest BCUT2D eigenvalue weighted by atomic mass is 35.5. The molecule has 0 bridgehead atoms. The minimum absolute atomic E-state index is 0. The van der Waals surface area contributed by atoms with Crippen molar-refractivity contribution in [3.63, 3.8) is 0 Å². The molecular weight excluding hydrogens is 364 g/mol. The molecule has 0 aromatic heterocycles. The first kappa shape index (κ1) is 22.4. The second kappa shape index (κ2) is 10.6. The van der Waals surface area contributed by atoms with Crippen LogP contribution >= 0.6 is 0 Å². The Labute approximate surface area is 170 Å². The molecule has 6 nitrogen and oxygen atoms in total. The Morgan fingerprint density at radius 3 is 1.33 bits per heavy atom. The van der Waals surface area contributed by atoms with E-state index in [2.05, 4.69) is 33.7 Å². The molecule has 0 spiro atoms. The van der Waals surface area contributed by atoms with Crippen LogP contribution in [0.5, 0.6) is 0 Å². The van der Waals surface area contributed by atoms with Gasteiger partial charge in [0.25, 0.3) is 0 Å². The van der Waals surface area contributed by atoms with Gasteiger partial charge in [0.05, 0.1) is 0 Å². The molecule has 2 aliphatic heterocycles. The van der Waals surface area contributed by atoms with Crippen molar-refractivity contribution in [1.29, 1.82) is 0 Å². The van der Waals surface area contributed by atoms with Crippen LogP contribution in [-0.4, -0.2) is 97.9 Å². The number of hydrogen-bond acceptors (Lipinski definition) is 4. The lowest BCUT2D eigenvalue weighted by Gasteiger charge is -2.33. The molecule has 0 unspecified atom stereocenters. The Balaban J connectivity index is 0.00000261. The molecule has 0 radical (unpaired) electrons. The number of rotatable bonds is 2. The average molecular weight is 400 g/mol. The van der Waals surface area contributed by atoms with Gasteiger partial charge in [0, 0.05) is 51.1 Å². The largest absolute Gasteiger partial charge is 1.00 e. The van der Waals surface area contributed by atoms with E-state index in [-0.39, 0.29) is 24.2 Å². The lowest BCUT2D eigenvalue weighted by molar-refractivity contribution is -0.141. The van der Waals surface area contributed by atoms with Crippen LogP contribution < -0.4 is 12.4 Å². The van der Waals surface area contributed by atoms with E-state index in [9.17, 15) is 9.59 Å². The fraction of sp³-hybridized carbons (Fsp3) is 0.900. The van der Waals surface area contributed by atoms with Crippen LogP contribution in [0.1, 0.15) is 38.5 Å². The van der Waals surface area contributed by atoms with Crippen molar-refractivity contribution in [2.75, 3.05) is 66.5 Å². The maximum Gasteiger partial charge on any atom is 0.225 e. The highest BCUT2D eigenvalue weighted by Crippen LogP contribution is 2.31. The third-order valence-electron chi connectivity index (χ3n) is 6.49. The van der Waals surface area contributed by atoms with Crippen LogP contribution in [0, 0.1) is 11.8 Å². The van der Waals surface area contributed by atoms with E-state index in [4.69, 9.17) is 0 Å². The monoisotopic (exact) mass is 399 g/mol. The van der Waals surface area contributed by atoms with Gasteiger partial charge in [0.15, 0.2) is 0 Å². The molecule has 0 atom stereocenters. The summed E-state index contributed by atoms with van der Waals surface area (Å²) >= 11 is 0. The number of likely N-dealkylation sites (N-methyl/N-ethyl adjacent to an activating group) is 2. The molecule has 3 fully saturated rings. The third-order valence-corrected chi connectivity index (χ3v) is 6.49. The lowest BCUT2D eigenvalue weighted by Crippen LogP contribution is -3.00. The number of amides is 2. The molecule has 0 aromatic carbocycles. The van der Waals surface area contributed by atoms with Gasteiger partial charge >= 0.3 is 0 Å². The van der Waals surface area contributed by atoms with Crippen molar-refractivity contribution in [3.8, 4) is 0 Å². The summed E-state index contributed by atoms with van der Waals surface area (Å²) in [5.41, 5.74) is 0. The maximum absolute atomic E-state index is 12.9. The van der Waals surface area contributed by atoms with Gasteiger partial charge in [0.1, 0.15) is 0 Å². The Bertz CT molecular complexity index is 452. The van der Waals surface area contributed by atoms with E-state index in [1.54, 1.807) is 0 Å². The van der Waals surface area contributed by atoms with E-state index >= 15 is 0 Å². The lowest BCUT2D eigenvalue weighted by atomic mass is 9.80. The van der Waals surface area contributed by atoms with Crippen molar-refractivity contribution in [2.45, 2.75) is 38.5 Å². The van der Waals surface area contributed by atoms with Crippen LogP contribution in [0.25, 0.3) is 0 Å². The molecule has 27 heavy (non-hydrogen) atoms. The maximum atomic E-state index is 12.9. The van der Waals surface area contributed by atoms with Gasteiger partial charge in [-0.05, 0) is 65.7 Å². The zero-order valence-electron chi connectivity index (χ0n) is 17.0. The normalized spacial score (nSPS) is 28.8. The van der Waals surface area contributed by atoms with Gasteiger partial charge in [-0.1, -0.05) is 0 Å². The fourth-order valence-corrected chi connectivity index (χ4v) is 4.64. The predicted molar refractivity (Wildman–Crippen MR) is 103 cm³/mol. The molecule has 2 amide bonds. The highest BCUT2D eigenvalue weighted by Gasteiger charge is 2.34. The van der Waals surface area contributed by atoms with Crippen LogP contribution in [0.2, 0.25) is 0 Å². The summed E-state index contributed by atoms with van der Waals surface area (Å²) in [4.78, 5) is 34.5. The highest BCUT2D eigenvalue weighted by molar-refractivity contribution is 5.81. The number of carbonyl (C=O) groups excluding carboxylic acids is 2. The van der Waals surface area contributed by atoms with Crippen molar-refractivity contribution in [2.24, 2.45) is 11.8 Å². The van der Waals surface area contributed by atoms with E-state index in [0.717, 1.165) is 90.9 Å². The van der Waals surface area contributed by atoms with E-state index in [1.165, 1.54) is 0 Å². The second-order valence-corrected chi connectivity index (χ2v) is 8.51. The minimum Gasteiger partial charge on any atom is -1.00 e. The zero-order chi connectivity index (χ0) is 18.5. The molecule has 2 heterocycles. The number of nitrogens with zero attached hydrogens (tertiary/aromatic N) is 4. The molecule has 2 saturated heterocycles. The van der Waals surface area contributed by atoms with Crippen molar-refractivity contribution in [1.82, 2.24) is 19.6 Å². The zero-order valence-corrected chi connectivity index (χ0v) is 17.8. The van der Waals surface area contributed by atoms with Gasteiger partial charge < -0.3 is 32.0 Å². The molecule has 156 valence electrons. The van der Waals surface area contributed by atoms with Crippen LogP contribution in [-0.2, 0) is 9.59 Å². The summed E-state index contributed by atoms with van der Waals surface area (Å²) in [6.07, 6.45) is 5.67. The summed E-state index contributed by atoms with van der Waals surface area (Å²) in [6, 6.07) is 0. The van der Waals surface area contributed by atoms with Crippen molar-refractivity contribution >= 4 is 11.8 Å². The number of halogens is 1. The van der Waals surface area contributed by atoms with E-state index < -0.39 is 0 Å². The quantitative estimate of drug-likeness (QED) is 0.545. The Kier molecular flexibility index (Phi) is 8.83. The Morgan fingerprint density at radius 2 is 0.963 bits per heavy atom. The topological polar surface area (TPSA) is 47.1 Å². The van der Waals surface area contributed by atoms with Gasteiger partial charge in [-0.3, -0.25) is 9.59 Å². The van der Waals surface area contributed by atoms with Crippen molar-refractivity contribution < 1.29 is 22.0 Å². The molecule has 0 aromatic rings. The molecule has 1 saturated carbocycles. The summed E-state index contributed by atoms with van der Waals surface area (Å²) in [5, 5.41) is 0. The van der Waals surface area contributed by atoms with Crippen LogP contribution in [0.15, 0.2) is 0 Å². The molecule has 7 heteroatoms. The van der Waals surface area contributed by atoms with Crippen molar-refractivity contribution in [3.05, 3.63) is 0 Å².